The Morgan fingerprint density at radius 3 is 2.75 bits per heavy atom. The highest BCUT2D eigenvalue weighted by Crippen LogP contribution is 2.39. The van der Waals surface area contributed by atoms with E-state index in [1.165, 1.54) is 0 Å². The Hall–Kier alpha value is -1.11. The molecule has 1 aromatic carbocycles. The molecule has 0 aromatic heterocycles. The molecule has 5 nitrogen and oxygen atoms in total. The van der Waals surface area contributed by atoms with Crippen molar-refractivity contribution in [3.63, 3.8) is 0 Å². The van der Waals surface area contributed by atoms with Gasteiger partial charge in [-0.2, -0.15) is 0 Å². The molecule has 24 heavy (non-hydrogen) atoms. The van der Waals surface area contributed by atoms with Crippen molar-refractivity contribution in [1.29, 1.82) is 0 Å². The quantitative estimate of drug-likeness (QED) is 0.774. The number of amides is 2. The van der Waals surface area contributed by atoms with Crippen LogP contribution in [0.2, 0.25) is 0 Å². The van der Waals surface area contributed by atoms with E-state index in [-0.39, 0.29) is 42.1 Å². The summed E-state index contributed by atoms with van der Waals surface area (Å²) < 4.78 is 0.917. The molecule has 1 aliphatic heterocycles. The van der Waals surface area contributed by atoms with E-state index in [1.54, 1.807) is 4.90 Å². The van der Waals surface area contributed by atoms with Crippen LogP contribution in [0.25, 0.3) is 0 Å². The minimum Gasteiger partial charge on any atom is -0.349 e. The minimum absolute atomic E-state index is 0. The highest BCUT2D eigenvalue weighted by molar-refractivity contribution is 9.10. The topological polar surface area (TPSA) is 75.4 Å². The van der Waals surface area contributed by atoms with Gasteiger partial charge >= 0.3 is 0 Å². The zero-order valence-corrected chi connectivity index (χ0v) is 16.0. The van der Waals surface area contributed by atoms with Crippen molar-refractivity contribution >= 4 is 45.8 Å². The second kappa shape index (κ2) is 7.42. The number of nitrogens with zero attached hydrogens (tertiary/aromatic N) is 1. The molecule has 2 unspecified atom stereocenters. The maximum absolute atomic E-state index is 12.6. The van der Waals surface area contributed by atoms with Gasteiger partial charge in [0.25, 0.3) is 0 Å². The van der Waals surface area contributed by atoms with E-state index < -0.39 is 0 Å². The van der Waals surface area contributed by atoms with Crippen molar-refractivity contribution in [3.05, 3.63) is 28.7 Å². The minimum atomic E-state index is -0.344. The first-order valence-electron chi connectivity index (χ1n) is 8.01. The van der Waals surface area contributed by atoms with Crippen molar-refractivity contribution in [2.75, 3.05) is 18.0 Å². The Labute approximate surface area is 156 Å². The lowest BCUT2D eigenvalue weighted by molar-refractivity contribution is -0.128. The third-order valence-corrected chi connectivity index (χ3v) is 5.42. The number of benzene rings is 1. The Bertz CT molecular complexity index is 638. The lowest BCUT2D eigenvalue weighted by atomic mass is 9.94. The van der Waals surface area contributed by atoms with Crippen LogP contribution in [0.1, 0.15) is 26.2 Å². The van der Waals surface area contributed by atoms with Crippen LogP contribution < -0.4 is 16.0 Å². The van der Waals surface area contributed by atoms with Crippen LogP contribution in [-0.2, 0) is 9.59 Å². The van der Waals surface area contributed by atoms with Gasteiger partial charge in [-0.05, 0) is 43.9 Å². The summed E-state index contributed by atoms with van der Waals surface area (Å²) in [6, 6.07) is 7.58. The molecule has 3 rings (SSSR count). The summed E-state index contributed by atoms with van der Waals surface area (Å²) in [6.45, 7) is 2.86. The number of nitrogens with one attached hydrogen (secondary N) is 1. The second-order valence-electron chi connectivity index (χ2n) is 6.77. The zero-order valence-electron chi connectivity index (χ0n) is 13.6. The molecule has 7 heteroatoms. The number of rotatable bonds is 5. The molecule has 0 bridgehead atoms. The van der Waals surface area contributed by atoms with Crippen LogP contribution in [0.5, 0.6) is 0 Å². The van der Waals surface area contributed by atoms with Gasteiger partial charge in [-0.15, -0.1) is 12.4 Å². The summed E-state index contributed by atoms with van der Waals surface area (Å²) in [5.74, 6) is 0.0839. The first kappa shape index (κ1) is 19.2. The first-order chi connectivity index (χ1) is 10.9. The standard InChI is InChI=1S/C17H22BrN3O2.ClH/c1-17(10-19,12-5-6-12)20-16(23)11-7-15(22)21(9-11)14-4-2-3-13(18)8-14;/h2-4,8,11-12H,5-7,9-10,19H2,1H3,(H,20,23);1H. The molecule has 1 heterocycles. The van der Waals surface area contributed by atoms with Gasteiger partial charge in [0.1, 0.15) is 0 Å². The van der Waals surface area contributed by atoms with Crippen molar-refractivity contribution in [2.24, 2.45) is 17.6 Å². The van der Waals surface area contributed by atoms with Crippen LogP contribution in [0.15, 0.2) is 28.7 Å². The van der Waals surface area contributed by atoms with Crippen LogP contribution in [0.4, 0.5) is 5.69 Å². The fraction of sp³-hybridized carbons (Fsp3) is 0.529. The normalized spacial score (nSPS) is 22.7. The number of carbonyl (C=O) groups is 2. The molecule has 2 amide bonds. The van der Waals surface area contributed by atoms with E-state index in [9.17, 15) is 9.59 Å². The number of halogens is 2. The molecule has 3 N–H and O–H groups in total. The maximum Gasteiger partial charge on any atom is 0.227 e. The summed E-state index contributed by atoms with van der Waals surface area (Å²) in [6.07, 6.45) is 2.48. The van der Waals surface area contributed by atoms with Gasteiger partial charge in [0.15, 0.2) is 0 Å². The largest absolute Gasteiger partial charge is 0.349 e. The third kappa shape index (κ3) is 3.92. The van der Waals surface area contributed by atoms with Crippen LogP contribution >= 0.6 is 28.3 Å². The lowest BCUT2D eigenvalue weighted by Crippen LogP contribution is -2.54. The maximum atomic E-state index is 12.6. The zero-order chi connectivity index (χ0) is 16.6. The molecule has 1 saturated carbocycles. The molecule has 1 aromatic rings. The second-order valence-corrected chi connectivity index (χ2v) is 7.69. The van der Waals surface area contributed by atoms with E-state index in [2.05, 4.69) is 21.2 Å². The average Bonchev–Trinajstić information content (AvgIpc) is 3.30. The van der Waals surface area contributed by atoms with Crippen LogP contribution in [0.3, 0.4) is 0 Å². The summed E-state index contributed by atoms with van der Waals surface area (Å²) >= 11 is 3.41. The molecule has 2 fully saturated rings. The van der Waals surface area contributed by atoms with E-state index in [4.69, 9.17) is 5.73 Å². The Balaban J connectivity index is 0.00000208. The highest BCUT2D eigenvalue weighted by atomic mass is 79.9. The summed E-state index contributed by atoms with van der Waals surface area (Å²) in [7, 11) is 0. The van der Waals surface area contributed by atoms with Gasteiger partial charge in [-0.3, -0.25) is 9.59 Å². The SMILES string of the molecule is CC(CN)(NC(=O)C1CC(=O)N(c2cccc(Br)c2)C1)C1CC1.Cl. The summed E-state index contributed by atoms with van der Waals surface area (Å²) in [4.78, 5) is 26.6. The smallest absolute Gasteiger partial charge is 0.227 e. The Kier molecular flexibility index (Phi) is 5.94. The van der Waals surface area contributed by atoms with Gasteiger partial charge in [0, 0.05) is 29.7 Å². The molecule has 2 atom stereocenters. The fourth-order valence-electron chi connectivity index (χ4n) is 3.20. The molecular weight excluding hydrogens is 394 g/mol. The van der Waals surface area contributed by atoms with Crippen molar-refractivity contribution in [3.8, 4) is 0 Å². The molecular formula is C17H23BrClN3O2. The van der Waals surface area contributed by atoms with Crippen LogP contribution in [0, 0.1) is 11.8 Å². The molecule has 1 aliphatic carbocycles. The highest BCUT2D eigenvalue weighted by Gasteiger charge is 2.44. The average molecular weight is 417 g/mol. The van der Waals surface area contributed by atoms with Gasteiger partial charge < -0.3 is 16.0 Å². The van der Waals surface area contributed by atoms with Crippen molar-refractivity contribution in [2.45, 2.75) is 31.7 Å². The van der Waals surface area contributed by atoms with Crippen LogP contribution in [-0.4, -0.2) is 30.4 Å². The van der Waals surface area contributed by atoms with E-state index in [1.807, 2.05) is 31.2 Å². The summed E-state index contributed by atoms with van der Waals surface area (Å²) in [5.41, 5.74) is 6.34. The molecule has 1 saturated heterocycles. The van der Waals surface area contributed by atoms with Crippen molar-refractivity contribution < 1.29 is 9.59 Å². The van der Waals surface area contributed by atoms with Gasteiger partial charge in [0.05, 0.1) is 11.5 Å². The first-order valence-corrected chi connectivity index (χ1v) is 8.80. The molecule has 0 spiro atoms. The number of hydrogen-bond donors (Lipinski definition) is 2. The molecule has 132 valence electrons. The number of carbonyl (C=O) groups excluding carboxylic acids is 2. The van der Waals surface area contributed by atoms with E-state index in [0.717, 1.165) is 23.0 Å². The van der Waals surface area contributed by atoms with Gasteiger partial charge in [-0.25, -0.2) is 0 Å². The van der Waals surface area contributed by atoms with Gasteiger partial charge in [0.2, 0.25) is 11.8 Å². The van der Waals surface area contributed by atoms with Gasteiger partial charge in [-0.1, -0.05) is 22.0 Å². The van der Waals surface area contributed by atoms with E-state index >= 15 is 0 Å². The Morgan fingerprint density at radius 2 is 2.17 bits per heavy atom. The summed E-state index contributed by atoms with van der Waals surface area (Å²) in [5, 5.41) is 3.10. The molecule has 2 aliphatic rings. The Morgan fingerprint density at radius 1 is 1.46 bits per heavy atom. The number of nitrogens with two attached hydrogens (primary N) is 1. The number of anilines is 1. The van der Waals surface area contributed by atoms with E-state index in [0.29, 0.717) is 19.0 Å². The molecule has 0 radical (unpaired) electrons. The predicted molar refractivity (Wildman–Crippen MR) is 100 cm³/mol. The lowest BCUT2D eigenvalue weighted by Gasteiger charge is -2.30. The third-order valence-electron chi connectivity index (χ3n) is 4.93. The number of hydrogen-bond acceptors (Lipinski definition) is 3. The fourth-order valence-corrected chi connectivity index (χ4v) is 3.59. The monoisotopic (exact) mass is 415 g/mol. The predicted octanol–water partition coefficient (Wildman–Crippen LogP) is 2.47. The van der Waals surface area contributed by atoms with Crippen molar-refractivity contribution in [1.82, 2.24) is 5.32 Å².